The number of nitrogens with zero attached hydrogens (tertiary/aromatic N) is 1. The average Bonchev–Trinajstić information content (AvgIpc) is 2.70. The lowest BCUT2D eigenvalue weighted by atomic mass is 9.78. The number of nitrogens with two attached hydrogens (primary N) is 1. The first kappa shape index (κ1) is 14.6. The van der Waals surface area contributed by atoms with Crippen molar-refractivity contribution in [3.05, 3.63) is 0 Å². The van der Waals surface area contributed by atoms with E-state index in [0.29, 0.717) is 12.5 Å². The molecule has 0 aromatic heterocycles. The summed E-state index contributed by atoms with van der Waals surface area (Å²) in [4.78, 5) is 14.5. The quantitative estimate of drug-likeness (QED) is 0.795. The zero-order valence-corrected chi connectivity index (χ0v) is 12.6. The monoisotopic (exact) mass is 268 g/mol. The van der Waals surface area contributed by atoms with Crippen molar-refractivity contribution in [1.82, 2.24) is 4.90 Å². The van der Waals surface area contributed by atoms with Gasteiger partial charge >= 0.3 is 6.09 Å². The highest BCUT2D eigenvalue weighted by Crippen LogP contribution is 2.46. The van der Waals surface area contributed by atoms with Gasteiger partial charge in [0.2, 0.25) is 0 Å². The van der Waals surface area contributed by atoms with Gasteiger partial charge in [0.25, 0.3) is 0 Å². The van der Waals surface area contributed by atoms with E-state index in [-0.39, 0.29) is 11.6 Å². The van der Waals surface area contributed by atoms with Crippen molar-refractivity contribution in [2.75, 3.05) is 13.1 Å². The van der Waals surface area contributed by atoms with E-state index in [1.54, 1.807) is 0 Å². The first-order valence-electron chi connectivity index (χ1n) is 7.60. The van der Waals surface area contributed by atoms with E-state index in [1.165, 1.54) is 12.8 Å². The zero-order valence-electron chi connectivity index (χ0n) is 12.6. The second-order valence-corrected chi connectivity index (χ2v) is 7.02. The molecular formula is C15H28N2O2. The summed E-state index contributed by atoms with van der Waals surface area (Å²) in [5, 5.41) is 0. The van der Waals surface area contributed by atoms with Crippen molar-refractivity contribution in [2.45, 2.75) is 70.4 Å². The molecule has 0 aromatic carbocycles. The lowest BCUT2D eigenvalue weighted by Gasteiger charge is -2.48. The molecule has 1 heterocycles. The summed E-state index contributed by atoms with van der Waals surface area (Å²) in [6.07, 6.45) is 6.65. The number of carbonyl (C=O) groups is 1. The van der Waals surface area contributed by atoms with Gasteiger partial charge in [0.15, 0.2) is 0 Å². The van der Waals surface area contributed by atoms with Gasteiger partial charge < -0.3 is 15.4 Å². The van der Waals surface area contributed by atoms with Crippen LogP contribution in [0.4, 0.5) is 4.79 Å². The molecule has 0 bridgehead atoms. The Morgan fingerprint density at radius 3 is 2.63 bits per heavy atom. The highest BCUT2D eigenvalue weighted by molar-refractivity contribution is 5.69. The van der Waals surface area contributed by atoms with Gasteiger partial charge in [-0.2, -0.15) is 0 Å². The summed E-state index contributed by atoms with van der Waals surface area (Å²) < 4.78 is 5.60. The fourth-order valence-electron chi connectivity index (χ4n) is 3.80. The molecule has 19 heavy (non-hydrogen) atoms. The van der Waals surface area contributed by atoms with Crippen LogP contribution in [0.15, 0.2) is 0 Å². The molecule has 1 saturated heterocycles. The summed E-state index contributed by atoms with van der Waals surface area (Å²) in [5.74, 6) is 0.445. The van der Waals surface area contributed by atoms with Crippen LogP contribution >= 0.6 is 0 Å². The first-order valence-corrected chi connectivity index (χ1v) is 7.60. The third kappa shape index (κ3) is 2.88. The molecule has 1 saturated carbocycles. The molecule has 0 aromatic rings. The molecule has 4 nitrogen and oxygen atoms in total. The third-order valence-corrected chi connectivity index (χ3v) is 4.60. The molecule has 2 N–H and O–H groups in total. The molecule has 2 aliphatic rings. The predicted octanol–water partition coefficient (Wildman–Crippen LogP) is 2.91. The minimum absolute atomic E-state index is 0.0185. The van der Waals surface area contributed by atoms with Crippen LogP contribution in [0.1, 0.15) is 59.3 Å². The number of carbonyl (C=O) groups excluding carboxylic acids is 1. The van der Waals surface area contributed by atoms with Gasteiger partial charge in [-0.3, -0.25) is 0 Å². The maximum atomic E-state index is 12.5. The highest BCUT2D eigenvalue weighted by atomic mass is 16.6. The molecule has 2 rings (SSSR count). The lowest BCUT2D eigenvalue weighted by molar-refractivity contribution is -0.0269. The number of hydrogen-bond acceptors (Lipinski definition) is 3. The summed E-state index contributed by atoms with van der Waals surface area (Å²) in [6.45, 7) is 7.29. The Morgan fingerprint density at radius 2 is 2.00 bits per heavy atom. The molecule has 1 amide bonds. The Bertz CT molecular complexity index is 338. The Labute approximate surface area is 116 Å². The number of hydrogen-bond donors (Lipinski definition) is 1. The Balaban J connectivity index is 2.18. The Hall–Kier alpha value is -0.770. The molecule has 0 radical (unpaired) electrons. The number of piperidine rings is 1. The topological polar surface area (TPSA) is 55.6 Å². The average molecular weight is 268 g/mol. The van der Waals surface area contributed by atoms with Gasteiger partial charge in [-0.05, 0) is 65.3 Å². The van der Waals surface area contributed by atoms with Gasteiger partial charge in [0.1, 0.15) is 5.60 Å². The van der Waals surface area contributed by atoms with Gasteiger partial charge in [0.05, 0.1) is 5.54 Å². The van der Waals surface area contributed by atoms with Crippen molar-refractivity contribution in [1.29, 1.82) is 0 Å². The summed E-state index contributed by atoms with van der Waals surface area (Å²) >= 11 is 0. The van der Waals surface area contributed by atoms with Gasteiger partial charge in [0, 0.05) is 6.54 Å². The SMILES string of the molecule is CC(C)(C)OC(=O)N1CCCCC12CCCC2CN. The van der Waals surface area contributed by atoms with Crippen LogP contribution in [-0.4, -0.2) is 35.2 Å². The normalized spacial score (nSPS) is 31.8. The maximum Gasteiger partial charge on any atom is 0.410 e. The molecule has 2 fully saturated rings. The van der Waals surface area contributed by atoms with Crippen molar-refractivity contribution in [3.8, 4) is 0 Å². The molecule has 2 unspecified atom stereocenters. The van der Waals surface area contributed by atoms with Crippen molar-refractivity contribution >= 4 is 6.09 Å². The van der Waals surface area contributed by atoms with Crippen LogP contribution in [0.25, 0.3) is 0 Å². The fraction of sp³-hybridized carbons (Fsp3) is 0.933. The molecule has 1 spiro atoms. The van der Waals surface area contributed by atoms with E-state index in [2.05, 4.69) is 0 Å². The number of amides is 1. The fourth-order valence-corrected chi connectivity index (χ4v) is 3.80. The smallest absolute Gasteiger partial charge is 0.410 e. The van der Waals surface area contributed by atoms with E-state index in [4.69, 9.17) is 10.5 Å². The largest absolute Gasteiger partial charge is 0.444 e. The zero-order chi connectivity index (χ0) is 14.1. The summed E-state index contributed by atoms with van der Waals surface area (Å²) in [7, 11) is 0. The number of likely N-dealkylation sites (tertiary alicyclic amines) is 1. The van der Waals surface area contributed by atoms with E-state index in [0.717, 1.165) is 32.2 Å². The second-order valence-electron chi connectivity index (χ2n) is 7.02. The highest BCUT2D eigenvalue weighted by Gasteiger charge is 2.50. The van der Waals surface area contributed by atoms with Crippen molar-refractivity contribution in [3.63, 3.8) is 0 Å². The number of ether oxygens (including phenoxy) is 1. The molecule has 2 atom stereocenters. The minimum atomic E-state index is -0.424. The van der Waals surface area contributed by atoms with Crippen LogP contribution in [0.2, 0.25) is 0 Å². The first-order chi connectivity index (χ1) is 8.89. The van der Waals surface area contributed by atoms with E-state index >= 15 is 0 Å². The molecular weight excluding hydrogens is 240 g/mol. The van der Waals surface area contributed by atoms with E-state index in [1.807, 2.05) is 25.7 Å². The second kappa shape index (κ2) is 5.31. The van der Waals surface area contributed by atoms with Crippen molar-refractivity contribution in [2.24, 2.45) is 11.7 Å². The van der Waals surface area contributed by atoms with Crippen LogP contribution in [0.3, 0.4) is 0 Å². The maximum absolute atomic E-state index is 12.5. The predicted molar refractivity (Wildman–Crippen MR) is 75.9 cm³/mol. The van der Waals surface area contributed by atoms with Gasteiger partial charge in [-0.1, -0.05) is 6.42 Å². The third-order valence-electron chi connectivity index (χ3n) is 4.60. The van der Waals surface area contributed by atoms with Crippen LogP contribution in [0, 0.1) is 5.92 Å². The minimum Gasteiger partial charge on any atom is -0.444 e. The Kier molecular flexibility index (Phi) is 4.09. The summed E-state index contributed by atoms with van der Waals surface area (Å²) in [5.41, 5.74) is 5.51. The van der Waals surface area contributed by atoms with Gasteiger partial charge in [-0.25, -0.2) is 4.79 Å². The van der Waals surface area contributed by atoms with E-state index < -0.39 is 5.60 Å². The molecule has 110 valence electrons. The van der Waals surface area contributed by atoms with Gasteiger partial charge in [-0.15, -0.1) is 0 Å². The molecule has 1 aliphatic heterocycles. The lowest BCUT2D eigenvalue weighted by Crippen LogP contribution is -2.58. The molecule has 1 aliphatic carbocycles. The number of rotatable bonds is 1. The van der Waals surface area contributed by atoms with E-state index in [9.17, 15) is 4.79 Å². The van der Waals surface area contributed by atoms with Crippen LogP contribution in [0.5, 0.6) is 0 Å². The van der Waals surface area contributed by atoms with Crippen LogP contribution in [-0.2, 0) is 4.74 Å². The standard InChI is InChI=1S/C15H28N2O2/c1-14(2,3)19-13(18)17-10-5-4-8-15(17)9-6-7-12(15)11-16/h12H,4-11,16H2,1-3H3. The molecule has 4 heteroatoms. The summed E-state index contributed by atoms with van der Waals surface area (Å²) in [6, 6.07) is 0. The Morgan fingerprint density at radius 1 is 1.32 bits per heavy atom. The van der Waals surface area contributed by atoms with Crippen LogP contribution < -0.4 is 5.73 Å². The van der Waals surface area contributed by atoms with Crippen molar-refractivity contribution < 1.29 is 9.53 Å².